The molecule has 258 valence electrons. The van der Waals surface area contributed by atoms with Gasteiger partial charge in [-0.05, 0) is 72.8 Å². The lowest BCUT2D eigenvalue weighted by Crippen LogP contribution is -2.30. The van der Waals surface area contributed by atoms with Gasteiger partial charge >= 0.3 is 0 Å². The first-order valence-electron chi connectivity index (χ1n) is 15.2. The minimum atomic E-state index is -5.31. The van der Waals surface area contributed by atoms with Crippen LogP contribution in [0.15, 0.2) is 182 Å². The maximum absolute atomic E-state index is 9.37. The van der Waals surface area contributed by atoms with E-state index in [1.807, 2.05) is 0 Å². The fraction of sp³-hybridized carbons (Fsp3) is 0.0526. The highest BCUT2D eigenvalue weighted by atomic mass is 32.3. The predicted octanol–water partition coefficient (Wildman–Crippen LogP) is 5.08. The van der Waals surface area contributed by atoms with Crippen molar-refractivity contribution >= 4 is 67.2 Å². The molecular formula is C38H36O8P2S2. The van der Waals surface area contributed by atoms with Crippen molar-refractivity contribution in [3.05, 3.63) is 182 Å². The summed E-state index contributed by atoms with van der Waals surface area (Å²) in [7, 11) is -13.7. The topological polar surface area (TPSA) is 133 Å². The zero-order valence-electron chi connectivity index (χ0n) is 27.3. The second-order valence-corrected chi connectivity index (χ2v) is 20.0. The molecule has 0 aliphatic rings. The average molecular weight is 747 g/mol. The first-order chi connectivity index (χ1) is 23.8. The molecule has 0 heterocycles. The monoisotopic (exact) mass is 746 g/mol. The second-order valence-electron chi connectivity index (χ2n) is 11.0. The van der Waals surface area contributed by atoms with E-state index < -0.39 is 35.3 Å². The van der Waals surface area contributed by atoms with Crippen LogP contribution in [-0.4, -0.2) is 39.3 Å². The smallest absolute Gasteiger partial charge is 0.246 e. The fourth-order valence-corrected chi connectivity index (χ4v) is 12.3. The van der Waals surface area contributed by atoms with Gasteiger partial charge in [0.1, 0.15) is 46.4 Å². The minimum absolute atomic E-state index is 1.43. The normalized spacial score (nSPS) is 11.7. The van der Waals surface area contributed by atoms with Gasteiger partial charge in [-0.25, -0.2) is 16.8 Å². The van der Waals surface area contributed by atoms with E-state index in [0.717, 1.165) is 0 Å². The summed E-state index contributed by atoms with van der Waals surface area (Å²) in [6.07, 6.45) is 0. The van der Waals surface area contributed by atoms with E-state index in [4.69, 9.17) is 0 Å². The lowest BCUT2D eigenvalue weighted by atomic mass is 10.4. The van der Waals surface area contributed by atoms with Crippen molar-refractivity contribution in [1.82, 2.24) is 0 Å². The van der Waals surface area contributed by atoms with Gasteiger partial charge in [-0.2, -0.15) is 0 Å². The van der Waals surface area contributed by atoms with Crippen molar-refractivity contribution in [3.8, 4) is 0 Å². The van der Waals surface area contributed by atoms with Gasteiger partial charge in [0.25, 0.3) is 0 Å². The zero-order valence-corrected chi connectivity index (χ0v) is 30.7. The highest BCUT2D eigenvalue weighted by Crippen LogP contribution is 2.52. The van der Waals surface area contributed by atoms with Crippen LogP contribution in [0.25, 0.3) is 0 Å². The summed E-state index contributed by atoms with van der Waals surface area (Å²) < 4.78 is 61.5. The molecular weight excluding hydrogens is 710 g/mol. The number of rotatable bonds is 9. The van der Waals surface area contributed by atoms with Crippen molar-refractivity contribution in [2.75, 3.05) is 13.3 Å². The number of benzene rings is 6. The Kier molecular flexibility index (Phi) is 13.7. The molecule has 50 heavy (non-hydrogen) atoms. The molecule has 0 saturated heterocycles. The van der Waals surface area contributed by atoms with Crippen LogP contribution in [0.5, 0.6) is 0 Å². The van der Waals surface area contributed by atoms with Gasteiger partial charge in [-0.15, -0.1) is 8.67 Å². The van der Waals surface area contributed by atoms with Gasteiger partial charge in [0.05, 0.1) is 13.3 Å². The lowest BCUT2D eigenvalue weighted by molar-refractivity contribution is -0.107. The molecule has 0 bridgehead atoms. The van der Waals surface area contributed by atoms with Gasteiger partial charge < -0.3 is 9.11 Å². The first-order valence-corrected chi connectivity index (χ1v) is 22.3. The number of hydrogen-bond acceptors (Lipinski definition) is 8. The average Bonchev–Trinajstić information content (AvgIpc) is 3.15. The highest BCUT2D eigenvalue weighted by molar-refractivity contribution is 7.95. The quantitative estimate of drug-likeness (QED) is 0.0659. The molecule has 6 aromatic rings. The molecule has 6 aromatic carbocycles. The summed E-state index contributed by atoms with van der Waals surface area (Å²) in [6.45, 7) is 4.82. The molecule has 12 heteroatoms. The van der Waals surface area contributed by atoms with E-state index in [1.165, 1.54) is 31.8 Å². The highest BCUT2D eigenvalue weighted by Gasteiger charge is 2.40. The lowest BCUT2D eigenvalue weighted by Gasteiger charge is -2.22. The molecule has 0 N–H and O–H groups in total. The molecule has 0 saturated carbocycles. The van der Waals surface area contributed by atoms with Crippen LogP contribution in [0.1, 0.15) is 0 Å². The Hall–Kier alpha value is -4.08. The molecule has 0 amide bonds. The zero-order chi connectivity index (χ0) is 36.1. The molecule has 0 radical (unpaired) electrons. The van der Waals surface area contributed by atoms with Crippen molar-refractivity contribution in [2.45, 2.75) is 0 Å². The van der Waals surface area contributed by atoms with Crippen molar-refractivity contribution in [3.63, 3.8) is 0 Å². The summed E-state index contributed by atoms with van der Waals surface area (Å²) >= 11 is 0. The van der Waals surface area contributed by atoms with Crippen molar-refractivity contribution < 1.29 is 34.6 Å². The van der Waals surface area contributed by atoms with Crippen LogP contribution in [0.4, 0.5) is 0 Å². The Morgan fingerprint density at radius 2 is 0.480 bits per heavy atom. The SMILES string of the molecule is C[P+](c1ccccc1)(c1ccccc1)c1ccccc1.C[P+](c1ccccc1)(c1ccccc1)c1ccccc1.O=S(=O)([O-])OOS(=O)(=O)[O-]. The maximum Gasteiger partial charge on any atom is 0.246 e. The number of hydrogen-bond donors (Lipinski definition) is 0. The molecule has 8 nitrogen and oxygen atoms in total. The Balaban J connectivity index is 0.000000179. The predicted molar refractivity (Wildman–Crippen MR) is 204 cm³/mol. The van der Waals surface area contributed by atoms with Crippen LogP contribution in [0.3, 0.4) is 0 Å². The Morgan fingerprint density at radius 1 is 0.340 bits per heavy atom. The van der Waals surface area contributed by atoms with E-state index in [-0.39, 0.29) is 0 Å². The van der Waals surface area contributed by atoms with E-state index in [0.29, 0.717) is 0 Å². The second kappa shape index (κ2) is 17.7. The third-order valence-corrected chi connectivity index (χ3v) is 16.4. The van der Waals surface area contributed by atoms with Gasteiger partial charge in [0.2, 0.25) is 20.8 Å². The Bertz CT molecular complexity index is 1760. The van der Waals surface area contributed by atoms with Gasteiger partial charge in [0, 0.05) is 0 Å². The van der Waals surface area contributed by atoms with Crippen molar-refractivity contribution in [1.29, 1.82) is 0 Å². The summed E-state index contributed by atoms with van der Waals surface area (Å²) in [5.41, 5.74) is 0. The van der Waals surface area contributed by atoms with E-state index in [2.05, 4.69) is 204 Å². The minimum Gasteiger partial charge on any atom is -0.724 e. The van der Waals surface area contributed by atoms with Crippen LogP contribution in [0, 0.1) is 0 Å². The molecule has 0 aliphatic carbocycles. The molecule has 0 aliphatic heterocycles. The molecule has 0 unspecified atom stereocenters. The summed E-state index contributed by atoms with van der Waals surface area (Å²) in [5, 5.41) is 8.57. The Labute approximate surface area is 295 Å². The first kappa shape index (κ1) is 38.7. The van der Waals surface area contributed by atoms with Gasteiger partial charge in [0.15, 0.2) is 0 Å². The van der Waals surface area contributed by atoms with E-state index in [1.54, 1.807) is 0 Å². The van der Waals surface area contributed by atoms with Gasteiger partial charge in [-0.1, -0.05) is 109 Å². The van der Waals surface area contributed by atoms with Crippen LogP contribution < -0.4 is 31.8 Å². The third kappa shape index (κ3) is 10.7. The molecule has 0 atom stereocenters. The van der Waals surface area contributed by atoms with Crippen LogP contribution >= 0.6 is 14.5 Å². The fourth-order valence-electron chi connectivity index (χ4n) is 5.32. The molecule has 0 fully saturated rings. The van der Waals surface area contributed by atoms with Gasteiger partial charge in [-0.3, -0.25) is 0 Å². The maximum atomic E-state index is 9.37. The van der Waals surface area contributed by atoms with E-state index in [9.17, 15) is 25.9 Å². The van der Waals surface area contributed by atoms with Crippen molar-refractivity contribution in [2.24, 2.45) is 0 Å². The molecule has 0 aromatic heterocycles. The third-order valence-electron chi connectivity index (χ3n) is 7.83. The summed E-state index contributed by atoms with van der Waals surface area (Å²) in [5.74, 6) is 0. The molecule has 0 spiro atoms. The Morgan fingerprint density at radius 3 is 0.600 bits per heavy atom. The summed E-state index contributed by atoms with van der Waals surface area (Å²) in [6, 6.07) is 65.3. The summed E-state index contributed by atoms with van der Waals surface area (Å²) in [4.78, 5) is 0. The largest absolute Gasteiger partial charge is 0.724 e. The van der Waals surface area contributed by atoms with Crippen LogP contribution in [0.2, 0.25) is 0 Å². The van der Waals surface area contributed by atoms with Crippen LogP contribution in [-0.2, 0) is 29.5 Å². The van der Waals surface area contributed by atoms with E-state index >= 15 is 0 Å². The molecule has 6 rings (SSSR count). The standard InChI is InChI=1S/2C19H18P.H2O8S2/c2*1-20(17-11-5-2-6-12-17,18-13-7-3-8-14-18)19-15-9-4-10-16-19;1-9(2,3)7-8-10(4,5)6/h2*2-16H,1H3;(H,1,2,3)(H,4,5,6)/q2*+1;/p-2.